The van der Waals surface area contributed by atoms with Gasteiger partial charge in [0.05, 0.1) is 0 Å². The van der Waals surface area contributed by atoms with Crippen LogP contribution in [0.25, 0.3) is 0 Å². The highest BCUT2D eigenvalue weighted by molar-refractivity contribution is 9.10. The summed E-state index contributed by atoms with van der Waals surface area (Å²) in [6.07, 6.45) is 1.86. The van der Waals surface area contributed by atoms with Crippen molar-refractivity contribution in [1.29, 1.82) is 0 Å². The highest BCUT2D eigenvalue weighted by Gasteiger charge is 2.26. The minimum atomic E-state index is -3.40. The first-order valence-electron chi connectivity index (χ1n) is 6.01. The van der Waals surface area contributed by atoms with Gasteiger partial charge in [0.2, 0.25) is 0 Å². The Bertz CT molecular complexity index is 493. The van der Waals surface area contributed by atoms with E-state index in [1.807, 2.05) is 12.1 Å². The number of hydrogen-bond acceptors (Lipinski definition) is 2. The van der Waals surface area contributed by atoms with Crippen molar-refractivity contribution < 1.29 is 8.42 Å². The van der Waals surface area contributed by atoms with Gasteiger partial charge in [-0.2, -0.15) is 12.7 Å². The van der Waals surface area contributed by atoms with Crippen molar-refractivity contribution >= 4 is 31.8 Å². The Labute approximate surface area is 117 Å². The van der Waals surface area contributed by atoms with Gasteiger partial charge < -0.3 is 0 Å². The molecule has 0 amide bonds. The molecule has 6 heteroatoms. The highest BCUT2D eigenvalue weighted by Crippen LogP contribution is 2.21. The number of nitrogens with one attached hydrogen (secondary N) is 1. The zero-order valence-corrected chi connectivity index (χ0v) is 12.7. The fourth-order valence-corrected chi connectivity index (χ4v) is 3.48. The number of nitrogens with zero attached hydrogens (tertiary/aromatic N) is 1. The average Bonchev–Trinajstić information content (AvgIpc) is 2.32. The second kappa shape index (κ2) is 5.59. The van der Waals surface area contributed by atoms with Crippen molar-refractivity contribution in [1.82, 2.24) is 4.31 Å². The Morgan fingerprint density at radius 2 is 1.78 bits per heavy atom. The molecule has 100 valence electrons. The third-order valence-electron chi connectivity index (χ3n) is 3.17. The number of piperidine rings is 1. The predicted molar refractivity (Wildman–Crippen MR) is 76.7 cm³/mol. The first kappa shape index (κ1) is 13.8. The molecule has 0 saturated carbocycles. The van der Waals surface area contributed by atoms with Gasteiger partial charge in [-0.25, -0.2) is 0 Å². The van der Waals surface area contributed by atoms with Crippen molar-refractivity contribution in [2.45, 2.75) is 19.8 Å². The molecule has 1 heterocycles. The van der Waals surface area contributed by atoms with Crippen molar-refractivity contribution in [3.8, 4) is 0 Å². The first-order valence-corrected chi connectivity index (χ1v) is 8.24. The lowest BCUT2D eigenvalue weighted by Crippen LogP contribution is -2.41. The lowest BCUT2D eigenvalue weighted by molar-refractivity contribution is 0.289. The van der Waals surface area contributed by atoms with Crippen molar-refractivity contribution in [2.75, 3.05) is 17.8 Å². The van der Waals surface area contributed by atoms with Crippen LogP contribution < -0.4 is 4.72 Å². The molecule has 18 heavy (non-hydrogen) atoms. The van der Waals surface area contributed by atoms with Crippen molar-refractivity contribution in [3.05, 3.63) is 28.7 Å². The monoisotopic (exact) mass is 332 g/mol. The fourth-order valence-electron chi connectivity index (χ4n) is 1.96. The zero-order chi connectivity index (χ0) is 13.2. The van der Waals surface area contributed by atoms with E-state index in [1.165, 1.54) is 4.31 Å². The maximum Gasteiger partial charge on any atom is 0.301 e. The second-order valence-electron chi connectivity index (χ2n) is 4.70. The summed E-state index contributed by atoms with van der Waals surface area (Å²) in [4.78, 5) is 0. The number of halogens is 1. The molecule has 0 aliphatic carbocycles. The molecular formula is C12H17BrN2O2S. The summed E-state index contributed by atoms with van der Waals surface area (Å²) >= 11 is 3.32. The lowest BCUT2D eigenvalue weighted by Gasteiger charge is -2.29. The van der Waals surface area contributed by atoms with Crippen LogP contribution >= 0.6 is 15.9 Å². The van der Waals surface area contributed by atoms with Crippen LogP contribution in [0, 0.1) is 5.92 Å². The van der Waals surface area contributed by atoms with E-state index in [4.69, 9.17) is 0 Å². The van der Waals surface area contributed by atoms with E-state index in [0.29, 0.717) is 24.7 Å². The topological polar surface area (TPSA) is 49.4 Å². The minimum absolute atomic E-state index is 0.594. The SMILES string of the molecule is CC1CCN(S(=O)(=O)Nc2ccc(Br)cc2)CC1. The molecule has 1 aromatic rings. The van der Waals surface area contributed by atoms with E-state index in [1.54, 1.807) is 12.1 Å². The molecule has 1 aliphatic heterocycles. The lowest BCUT2D eigenvalue weighted by atomic mass is 10.0. The van der Waals surface area contributed by atoms with Crippen LogP contribution in [0.15, 0.2) is 28.7 Å². The quantitative estimate of drug-likeness (QED) is 0.925. The molecular weight excluding hydrogens is 316 g/mol. The third kappa shape index (κ3) is 3.46. The first-order chi connectivity index (χ1) is 8.47. The normalized spacial score (nSPS) is 18.8. The summed E-state index contributed by atoms with van der Waals surface area (Å²) in [6, 6.07) is 7.12. The average molecular weight is 333 g/mol. The molecule has 1 aromatic carbocycles. The molecule has 1 fully saturated rings. The predicted octanol–water partition coefficient (Wildman–Crippen LogP) is 2.84. The summed E-state index contributed by atoms with van der Waals surface area (Å²) in [5, 5.41) is 0. The summed E-state index contributed by atoms with van der Waals surface area (Å²) in [6.45, 7) is 3.37. The van der Waals surface area contributed by atoms with Crippen LogP contribution in [0.4, 0.5) is 5.69 Å². The van der Waals surface area contributed by atoms with Crippen molar-refractivity contribution in [2.24, 2.45) is 5.92 Å². The van der Waals surface area contributed by atoms with Crippen molar-refractivity contribution in [3.63, 3.8) is 0 Å². The van der Waals surface area contributed by atoms with Gasteiger partial charge in [-0.3, -0.25) is 4.72 Å². The Morgan fingerprint density at radius 1 is 1.22 bits per heavy atom. The standard InChI is InChI=1S/C12H17BrN2O2S/c1-10-6-8-15(9-7-10)18(16,17)14-12-4-2-11(13)3-5-12/h2-5,10,14H,6-9H2,1H3. The van der Waals surface area contributed by atoms with E-state index < -0.39 is 10.2 Å². The van der Waals surface area contributed by atoms with Gasteiger partial charge in [-0.1, -0.05) is 22.9 Å². The van der Waals surface area contributed by atoms with Gasteiger partial charge in [-0.15, -0.1) is 0 Å². The van der Waals surface area contributed by atoms with Crippen LogP contribution in [0.5, 0.6) is 0 Å². The summed E-state index contributed by atoms with van der Waals surface area (Å²) in [5.41, 5.74) is 0.594. The molecule has 2 rings (SSSR count). The van der Waals surface area contributed by atoms with E-state index >= 15 is 0 Å². The molecule has 0 bridgehead atoms. The maximum absolute atomic E-state index is 12.1. The van der Waals surface area contributed by atoms with E-state index in [2.05, 4.69) is 27.6 Å². The number of rotatable bonds is 3. The molecule has 0 radical (unpaired) electrons. The summed E-state index contributed by atoms with van der Waals surface area (Å²) < 4.78 is 29.4. The van der Waals surface area contributed by atoms with Gasteiger partial charge in [-0.05, 0) is 43.0 Å². The summed E-state index contributed by atoms with van der Waals surface area (Å²) in [5.74, 6) is 0.615. The van der Waals surface area contributed by atoms with Gasteiger partial charge in [0.15, 0.2) is 0 Å². The molecule has 1 saturated heterocycles. The molecule has 0 atom stereocenters. The van der Waals surface area contributed by atoms with E-state index in [-0.39, 0.29) is 0 Å². The number of benzene rings is 1. The van der Waals surface area contributed by atoms with Crippen LogP contribution in [0.2, 0.25) is 0 Å². The number of hydrogen-bond donors (Lipinski definition) is 1. The van der Waals surface area contributed by atoms with Gasteiger partial charge in [0.25, 0.3) is 0 Å². The van der Waals surface area contributed by atoms with Crippen LogP contribution in [0.1, 0.15) is 19.8 Å². The highest BCUT2D eigenvalue weighted by atomic mass is 79.9. The smallest absolute Gasteiger partial charge is 0.271 e. The van der Waals surface area contributed by atoms with Crippen LogP contribution in [-0.4, -0.2) is 25.8 Å². The molecule has 0 aromatic heterocycles. The Balaban J connectivity index is 2.05. The molecule has 1 aliphatic rings. The molecule has 1 N–H and O–H groups in total. The second-order valence-corrected chi connectivity index (χ2v) is 7.28. The van der Waals surface area contributed by atoms with Gasteiger partial charge in [0.1, 0.15) is 0 Å². The van der Waals surface area contributed by atoms with Crippen LogP contribution in [0.3, 0.4) is 0 Å². The fraction of sp³-hybridized carbons (Fsp3) is 0.500. The molecule has 0 unspecified atom stereocenters. The van der Waals surface area contributed by atoms with Crippen LogP contribution in [-0.2, 0) is 10.2 Å². The zero-order valence-electron chi connectivity index (χ0n) is 10.3. The summed E-state index contributed by atoms with van der Waals surface area (Å²) in [7, 11) is -3.40. The van der Waals surface area contributed by atoms with Gasteiger partial charge >= 0.3 is 10.2 Å². The third-order valence-corrected chi connectivity index (χ3v) is 5.24. The van der Waals surface area contributed by atoms with E-state index in [9.17, 15) is 8.42 Å². The maximum atomic E-state index is 12.1. The Kier molecular flexibility index (Phi) is 4.29. The molecule has 4 nitrogen and oxygen atoms in total. The molecule has 0 spiro atoms. The minimum Gasteiger partial charge on any atom is -0.271 e. The largest absolute Gasteiger partial charge is 0.301 e. The number of anilines is 1. The van der Waals surface area contributed by atoms with Gasteiger partial charge in [0, 0.05) is 23.2 Å². The van der Waals surface area contributed by atoms with E-state index in [0.717, 1.165) is 17.3 Å². The Morgan fingerprint density at radius 3 is 2.33 bits per heavy atom. The Hall–Kier alpha value is -0.590.